The van der Waals surface area contributed by atoms with Crippen LogP contribution in [0.1, 0.15) is 94.8 Å². The zero-order chi connectivity index (χ0) is 20.2. The topological polar surface area (TPSA) is 12.5 Å². The van der Waals surface area contributed by atoms with Crippen molar-refractivity contribution in [3.63, 3.8) is 0 Å². The lowest BCUT2D eigenvalue weighted by Gasteiger charge is -2.37. The number of unbranched alkanes of at least 4 members (excludes halogenated alkanes) is 1. The number of halogens is 2. The van der Waals surface area contributed by atoms with Gasteiger partial charge in [-0.15, -0.1) is 0 Å². The summed E-state index contributed by atoms with van der Waals surface area (Å²) in [6.07, 6.45) is 19.5. The van der Waals surface area contributed by atoms with E-state index in [0.29, 0.717) is 18.1 Å². The van der Waals surface area contributed by atoms with Crippen molar-refractivity contribution in [3.05, 3.63) is 40.2 Å². The highest BCUT2D eigenvalue weighted by Gasteiger charge is 2.31. The van der Waals surface area contributed by atoms with Crippen LogP contribution in [0.15, 0.2) is 18.2 Å². The number of epoxide rings is 1. The first-order valence-corrected chi connectivity index (χ1v) is 12.3. The van der Waals surface area contributed by atoms with E-state index in [1.807, 2.05) is 18.2 Å². The summed E-state index contributed by atoms with van der Waals surface area (Å²) < 4.78 is 19.6. The Balaban J connectivity index is 1.25. The molecule has 3 aliphatic rings. The fourth-order valence-electron chi connectivity index (χ4n) is 5.67. The van der Waals surface area contributed by atoms with Gasteiger partial charge >= 0.3 is 0 Å². The molecule has 2 aliphatic carbocycles. The Labute approximate surface area is 181 Å². The summed E-state index contributed by atoms with van der Waals surface area (Å²) in [7, 11) is 0. The van der Waals surface area contributed by atoms with Crippen LogP contribution in [-0.2, 0) is 4.74 Å². The second-order valence-corrected chi connectivity index (χ2v) is 10.0. The van der Waals surface area contributed by atoms with Crippen LogP contribution >= 0.6 is 11.6 Å². The molecule has 1 heterocycles. The van der Waals surface area contributed by atoms with E-state index >= 15 is 0 Å². The van der Waals surface area contributed by atoms with Gasteiger partial charge in [-0.25, -0.2) is 4.39 Å². The Bertz CT molecular complexity index is 695. The molecule has 0 aromatic heterocycles. The van der Waals surface area contributed by atoms with Crippen LogP contribution in [0.25, 0.3) is 6.08 Å². The Kier molecular flexibility index (Phi) is 7.34. The summed E-state index contributed by atoms with van der Waals surface area (Å²) in [6, 6.07) is 3.76. The lowest BCUT2D eigenvalue weighted by molar-refractivity contribution is 0.152. The van der Waals surface area contributed by atoms with Gasteiger partial charge in [0.15, 0.2) is 0 Å². The number of ether oxygens (including phenoxy) is 1. The second kappa shape index (κ2) is 9.96. The molecule has 0 radical (unpaired) electrons. The molecule has 0 N–H and O–H groups in total. The summed E-state index contributed by atoms with van der Waals surface area (Å²) in [5, 5.41) is 0.239. The van der Waals surface area contributed by atoms with Crippen LogP contribution in [0.2, 0.25) is 5.02 Å². The van der Waals surface area contributed by atoms with Crippen LogP contribution in [0.5, 0.6) is 0 Å². The molecule has 1 aliphatic heterocycles. The van der Waals surface area contributed by atoms with Crippen LogP contribution in [0.3, 0.4) is 0 Å². The van der Waals surface area contributed by atoms with E-state index in [1.54, 1.807) is 0 Å². The first kappa shape index (κ1) is 21.4. The van der Waals surface area contributed by atoms with Gasteiger partial charge in [-0.1, -0.05) is 74.9 Å². The maximum Gasteiger partial charge on any atom is 0.148 e. The van der Waals surface area contributed by atoms with Crippen molar-refractivity contribution in [3.8, 4) is 0 Å². The highest BCUT2D eigenvalue weighted by molar-refractivity contribution is 6.32. The smallest absolute Gasteiger partial charge is 0.148 e. The molecular formula is C26H36ClFO. The molecule has 1 aromatic carbocycles. The number of hydrogen-bond donors (Lipinski definition) is 0. The molecule has 1 unspecified atom stereocenters. The van der Waals surface area contributed by atoms with Gasteiger partial charge < -0.3 is 4.74 Å². The van der Waals surface area contributed by atoms with Gasteiger partial charge in [0.25, 0.3) is 0 Å². The second-order valence-electron chi connectivity index (χ2n) is 9.65. The standard InChI is InChI=1S/C26H36ClFO/c1-2-3-4-18-5-10-20(11-6-18)21-12-7-19(8-13-21)9-14-22-15-16-23(24-17-29-24)26(28)25(22)27/h9,14-16,18-21,24H,2-8,10-13,17H2,1H3/b14-9+. The van der Waals surface area contributed by atoms with Crippen LogP contribution < -0.4 is 0 Å². The third-order valence-electron chi connectivity index (χ3n) is 7.71. The Morgan fingerprint density at radius 1 is 1.03 bits per heavy atom. The van der Waals surface area contributed by atoms with Crippen molar-refractivity contribution in [2.45, 2.75) is 83.7 Å². The van der Waals surface area contributed by atoms with Gasteiger partial charge in [0, 0.05) is 5.56 Å². The maximum absolute atomic E-state index is 14.4. The predicted molar refractivity (Wildman–Crippen MR) is 120 cm³/mol. The zero-order valence-electron chi connectivity index (χ0n) is 17.8. The molecule has 1 saturated heterocycles. The van der Waals surface area contributed by atoms with E-state index in [4.69, 9.17) is 16.3 Å². The molecule has 29 heavy (non-hydrogen) atoms. The van der Waals surface area contributed by atoms with Crippen molar-refractivity contribution in [1.29, 1.82) is 0 Å². The zero-order valence-corrected chi connectivity index (χ0v) is 18.6. The average Bonchev–Trinajstić information content (AvgIpc) is 3.59. The summed E-state index contributed by atoms with van der Waals surface area (Å²) in [5.74, 6) is 3.21. The van der Waals surface area contributed by atoms with Gasteiger partial charge in [0.05, 0.1) is 11.6 Å². The third kappa shape index (κ3) is 5.44. The average molecular weight is 419 g/mol. The number of benzene rings is 1. The molecule has 0 bridgehead atoms. The first-order chi connectivity index (χ1) is 14.2. The van der Waals surface area contributed by atoms with Crippen LogP contribution in [-0.4, -0.2) is 6.61 Å². The number of rotatable bonds is 7. The number of hydrogen-bond acceptors (Lipinski definition) is 1. The highest BCUT2D eigenvalue weighted by atomic mass is 35.5. The minimum absolute atomic E-state index is 0.0949. The van der Waals surface area contributed by atoms with E-state index in [1.165, 1.54) is 70.6 Å². The molecule has 160 valence electrons. The molecule has 3 heteroatoms. The lowest BCUT2D eigenvalue weighted by Crippen LogP contribution is -2.25. The van der Waals surface area contributed by atoms with Crippen molar-refractivity contribution in [2.24, 2.45) is 23.7 Å². The molecular weight excluding hydrogens is 383 g/mol. The van der Waals surface area contributed by atoms with E-state index < -0.39 is 0 Å². The van der Waals surface area contributed by atoms with Gasteiger partial charge in [-0.3, -0.25) is 0 Å². The summed E-state index contributed by atoms with van der Waals surface area (Å²) in [5.41, 5.74) is 1.39. The fourth-order valence-corrected chi connectivity index (χ4v) is 5.91. The monoisotopic (exact) mass is 418 g/mol. The highest BCUT2D eigenvalue weighted by Crippen LogP contribution is 2.43. The minimum atomic E-state index is -0.311. The molecule has 2 saturated carbocycles. The Morgan fingerprint density at radius 3 is 2.31 bits per heavy atom. The normalized spacial score (nSPS) is 32.6. The SMILES string of the molecule is CCCCC1CCC(C2CCC(/C=C/c3ccc(C4CO4)c(F)c3Cl)CC2)CC1. The van der Waals surface area contributed by atoms with E-state index in [-0.39, 0.29) is 16.9 Å². The van der Waals surface area contributed by atoms with Crippen molar-refractivity contribution in [2.75, 3.05) is 6.61 Å². The molecule has 0 spiro atoms. The molecule has 0 amide bonds. The van der Waals surface area contributed by atoms with E-state index in [9.17, 15) is 4.39 Å². The van der Waals surface area contributed by atoms with Gasteiger partial charge in [-0.05, 0) is 67.8 Å². The quantitative estimate of drug-likeness (QED) is 0.405. The van der Waals surface area contributed by atoms with Crippen LogP contribution in [0, 0.1) is 29.5 Å². The third-order valence-corrected chi connectivity index (χ3v) is 8.09. The van der Waals surface area contributed by atoms with Crippen molar-refractivity contribution < 1.29 is 9.13 Å². The molecule has 4 rings (SSSR count). The van der Waals surface area contributed by atoms with Crippen LogP contribution in [0.4, 0.5) is 4.39 Å². The number of allylic oxidation sites excluding steroid dienone is 1. The van der Waals surface area contributed by atoms with E-state index in [0.717, 1.165) is 23.3 Å². The largest absolute Gasteiger partial charge is 0.368 e. The Morgan fingerprint density at radius 2 is 1.69 bits per heavy atom. The molecule has 1 aromatic rings. The minimum Gasteiger partial charge on any atom is -0.368 e. The van der Waals surface area contributed by atoms with Gasteiger partial charge in [-0.2, -0.15) is 0 Å². The lowest BCUT2D eigenvalue weighted by atomic mass is 9.68. The fraction of sp³-hybridized carbons (Fsp3) is 0.692. The van der Waals surface area contributed by atoms with Crippen molar-refractivity contribution in [1.82, 2.24) is 0 Å². The van der Waals surface area contributed by atoms with Gasteiger partial charge in [0.2, 0.25) is 0 Å². The maximum atomic E-state index is 14.4. The van der Waals surface area contributed by atoms with E-state index in [2.05, 4.69) is 13.0 Å². The predicted octanol–water partition coefficient (Wildman–Crippen LogP) is 8.37. The molecule has 1 nitrogen and oxygen atoms in total. The Hall–Kier alpha value is -0.860. The summed E-state index contributed by atoms with van der Waals surface area (Å²) >= 11 is 6.27. The van der Waals surface area contributed by atoms with Gasteiger partial charge in [0.1, 0.15) is 11.9 Å². The first-order valence-electron chi connectivity index (χ1n) is 11.9. The summed E-state index contributed by atoms with van der Waals surface area (Å²) in [6.45, 7) is 2.91. The molecule has 1 atom stereocenters. The van der Waals surface area contributed by atoms with Crippen molar-refractivity contribution >= 4 is 17.7 Å². The molecule has 3 fully saturated rings. The summed E-state index contributed by atoms with van der Waals surface area (Å²) in [4.78, 5) is 0.